The number of rotatable bonds is 4. The predicted molar refractivity (Wildman–Crippen MR) is 66.5 cm³/mol. The third-order valence-electron chi connectivity index (χ3n) is 3.72. The Morgan fingerprint density at radius 2 is 2.25 bits per heavy atom. The predicted octanol–water partition coefficient (Wildman–Crippen LogP) is 2.30. The second kappa shape index (κ2) is 5.48. The second-order valence-corrected chi connectivity index (χ2v) is 4.91. The summed E-state index contributed by atoms with van der Waals surface area (Å²) < 4.78 is 1.92. The van der Waals surface area contributed by atoms with Gasteiger partial charge in [0.05, 0.1) is 6.20 Å². The van der Waals surface area contributed by atoms with E-state index in [0.29, 0.717) is 0 Å². The quantitative estimate of drug-likeness (QED) is 0.845. The number of aryl methyl sites for hydroxylation is 1. The van der Waals surface area contributed by atoms with Crippen molar-refractivity contribution >= 4 is 0 Å². The zero-order valence-corrected chi connectivity index (χ0v) is 10.4. The zero-order valence-electron chi connectivity index (χ0n) is 10.4. The monoisotopic (exact) mass is 221 g/mol. The van der Waals surface area contributed by atoms with Crippen molar-refractivity contribution < 1.29 is 0 Å². The largest absolute Gasteiger partial charge is 0.317 e. The summed E-state index contributed by atoms with van der Waals surface area (Å²) in [4.78, 5) is 0. The van der Waals surface area contributed by atoms with Crippen molar-refractivity contribution in [1.29, 1.82) is 0 Å². The highest BCUT2D eigenvalue weighted by atomic mass is 15.2. The van der Waals surface area contributed by atoms with Gasteiger partial charge in [0.15, 0.2) is 0 Å². The smallest absolute Gasteiger partial charge is 0.0524 e. The van der Waals surface area contributed by atoms with Gasteiger partial charge in [-0.1, -0.05) is 19.8 Å². The highest BCUT2D eigenvalue weighted by molar-refractivity contribution is 5.13. The van der Waals surface area contributed by atoms with E-state index in [1.165, 1.54) is 31.2 Å². The average molecular weight is 221 g/mol. The molecule has 1 aromatic rings. The molecule has 1 saturated carbocycles. The first-order chi connectivity index (χ1) is 7.81. The highest BCUT2D eigenvalue weighted by Crippen LogP contribution is 2.37. The van der Waals surface area contributed by atoms with Crippen LogP contribution in [0.3, 0.4) is 0 Å². The van der Waals surface area contributed by atoms with Crippen molar-refractivity contribution in [2.45, 2.75) is 38.5 Å². The third-order valence-corrected chi connectivity index (χ3v) is 3.72. The summed E-state index contributed by atoms with van der Waals surface area (Å²) in [6.07, 6.45) is 9.72. The topological polar surface area (TPSA) is 29.9 Å². The third kappa shape index (κ3) is 2.64. The highest BCUT2D eigenvalue weighted by Gasteiger charge is 2.26. The molecule has 0 spiro atoms. The molecule has 0 aliphatic heterocycles. The van der Waals surface area contributed by atoms with Crippen molar-refractivity contribution in [3.63, 3.8) is 0 Å². The van der Waals surface area contributed by atoms with Gasteiger partial charge in [0.2, 0.25) is 0 Å². The molecule has 1 fully saturated rings. The van der Waals surface area contributed by atoms with Crippen LogP contribution in [0.4, 0.5) is 0 Å². The summed E-state index contributed by atoms with van der Waals surface area (Å²) in [5.41, 5.74) is 1.44. The van der Waals surface area contributed by atoms with Gasteiger partial charge in [-0.15, -0.1) is 0 Å². The maximum atomic E-state index is 4.30. The molecular formula is C13H23N3. The lowest BCUT2D eigenvalue weighted by atomic mass is 9.76. The first kappa shape index (κ1) is 11.6. The summed E-state index contributed by atoms with van der Waals surface area (Å²) in [6, 6.07) is 0. The fourth-order valence-electron chi connectivity index (χ4n) is 2.85. The molecule has 0 bridgehead atoms. The average Bonchev–Trinajstić information content (AvgIpc) is 2.73. The molecule has 1 aliphatic rings. The van der Waals surface area contributed by atoms with Gasteiger partial charge in [-0.25, -0.2) is 0 Å². The molecule has 1 heterocycles. The van der Waals surface area contributed by atoms with E-state index in [1.807, 2.05) is 11.7 Å². The number of nitrogens with zero attached hydrogens (tertiary/aromatic N) is 2. The van der Waals surface area contributed by atoms with Crippen LogP contribution in [0.5, 0.6) is 0 Å². The van der Waals surface area contributed by atoms with Gasteiger partial charge >= 0.3 is 0 Å². The maximum Gasteiger partial charge on any atom is 0.0524 e. The number of aromatic nitrogens is 2. The van der Waals surface area contributed by atoms with Crippen LogP contribution in [-0.4, -0.2) is 22.9 Å². The molecule has 1 N–H and O–H groups in total. The summed E-state index contributed by atoms with van der Waals surface area (Å²) in [6.45, 7) is 4.42. The van der Waals surface area contributed by atoms with E-state index in [9.17, 15) is 0 Å². The molecule has 1 aromatic heterocycles. The molecule has 2 atom stereocenters. The van der Waals surface area contributed by atoms with Crippen LogP contribution in [0.1, 0.15) is 44.1 Å². The molecule has 2 rings (SSSR count). The van der Waals surface area contributed by atoms with Crippen molar-refractivity contribution in [3.05, 3.63) is 18.0 Å². The van der Waals surface area contributed by atoms with Gasteiger partial charge in [-0.3, -0.25) is 4.68 Å². The van der Waals surface area contributed by atoms with Gasteiger partial charge < -0.3 is 5.32 Å². The lowest BCUT2D eigenvalue weighted by Gasteiger charge is -2.31. The van der Waals surface area contributed by atoms with Gasteiger partial charge in [0, 0.05) is 13.2 Å². The Bertz CT molecular complexity index is 319. The molecular weight excluding hydrogens is 198 g/mol. The first-order valence-electron chi connectivity index (χ1n) is 6.50. The normalized spacial score (nSPS) is 25.9. The Morgan fingerprint density at radius 1 is 1.44 bits per heavy atom. The number of hydrogen-bond acceptors (Lipinski definition) is 2. The van der Waals surface area contributed by atoms with E-state index in [2.05, 4.69) is 29.7 Å². The van der Waals surface area contributed by atoms with Crippen molar-refractivity contribution in [1.82, 2.24) is 15.1 Å². The zero-order chi connectivity index (χ0) is 11.4. The maximum absolute atomic E-state index is 4.30. The van der Waals surface area contributed by atoms with E-state index >= 15 is 0 Å². The van der Waals surface area contributed by atoms with Crippen LogP contribution in [0.15, 0.2) is 12.4 Å². The van der Waals surface area contributed by atoms with E-state index < -0.39 is 0 Å². The van der Waals surface area contributed by atoms with E-state index in [0.717, 1.165) is 24.9 Å². The van der Waals surface area contributed by atoms with Crippen LogP contribution in [0, 0.1) is 5.92 Å². The lowest BCUT2D eigenvalue weighted by molar-refractivity contribution is 0.297. The van der Waals surface area contributed by atoms with Crippen LogP contribution in [-0.2, 0) is 7.05 Å². The standard InChI is InChI=1S/C13H23N3/c1-3-14-8-11-6-4-5-7-13(11)12-9-15-16(2)10-12/h9-11,13-14H,3-8H2,1-2H3. The summed E-state index contributed by atoms with van der Waals surface area (Å²) in [5.74, 6) is 1.53. The van der Waals surface area contributed by atoms with Crippen LogP contribution < -0.4 is 5.32 Å². The molecule has 2 unspecified atom stereocenters. The Balaban J connectivity index is 2.04. The van der Waals surface area contributed by atoms with Gasteiger partial charge in [-0.2, -0.15) is 5.10 Å². The van der Waals surface area contributed by atoms with E-state index in [4.69, 9.17) is 0 Å². The fraction of sp³-hybridized carbons (Fsp3) is 0.769. The van der Waals surface area contributed by atoms with Crippen molar-refractivity contribution in [2.75, 3.05) is 13.1 Å². The molecule has 0 aromatic carbocycles. The molecule has 0 amide bonds. The van der Waals surface area contributed by atoms with E-state index in [1.54, 1.807) is 0 Å². The molecule has 1 aliphatic carbocycles. The molecule has 16 heavy (non-hydrogen) atoms. The summed E-state index contributed by atoms with van der Waals surface area (Å²) >= 11 is 0. The minimum atomic E-state index is 0.724. The second-order valence-electron chi connectivity index (χ2n) is 4.91. The fourth-order valence-corrected chi connectivity index (χ4v) is 2.85. The Morgan fingerprint density at radius 3 is 2.94 bits per heavy atom. The Hall–Kier alpha value is -0.830. The summed E-state index contributed by atoms with van der Waals surface area (Å²) in [7, 11) is 2.01. The Labute approximate surface area is 98.2 Å². The van der Waals surface area contributed by atoms with Crippen LogP contribution in [0.2, 0.25) is 0 Å². The minimum Gasteiger partial charge on any atom is -0.317 e. The molecule has 90 valence electrons. The van der Waals surface area contributed by atoms with Gasteiger partial charge in [0.1, 0.15) is 0 Å². The minimum absolute atomic E-state index is 0.724. The lowest BCUT2D eigenvalue weighted by Crippen LogP contribution is -2.29. The SMILES string of the molecule is CCNCC1CCCCC1c1cnn(C)c1. The molecule has 3 heteroatoms. The van der Waals surface area contributed by atoms with Gasteiger partial charge in [-0.05, 0) is 43.3 Å². The van der Waals surface area contributed by atoms with Crippen molar-refractivity contribution in [3.8, 4) is 0 Å². The molecule has 3 nitrogen and oxygen atoms in total. The number of nitrogens with one attached hydrogen (secondary N) is 1. The molecule has 0 saturated heterocycles. The Kier molecular flexibility index (Phi) is 3.99. The number of hydrogen-bond donors (Lipinski definition) is 1. The summed E-state index contributed by atoms with van der Waals surface area (Å²) in [5, 5.41) is 7.80. The van der Waals surface area contributed by atoms with Crippen LogP contribution in [0.25, 0.3) is 0 Å². The van der Waals surface area contributed by atoms with Gasteiger partial charge in [0.25, 0.3) is 0 Å². The van der Waals surface area contributed by atoms with Crippen molar-refractivity contribution in [2.24, 2.45) is 13.0 Å². The molecule has 0 radical (unpaired) electrons. The first-order valence-corrected chi connectivity index (χ1v) is 6.50. The van der Waals surface area contributed by atoms with Crippen LogP contribution >= 0.6 is 0 Å². The van der Waals surface area contributed by atoms with E-state index in [-0.39, 0.29) is 0 Å².